The minimum atomic E-state index is 0.216. The molecule has 1 aromatic rings. The van der Waals surface area contributed by atoms with E-state index in [0.717, 1.165) is 31.9 Å². The predicted octanol–water partition coefficient (Wildman–Crippen LogP) is 2.39. The number of methoxy groups -OCH3 is 1. The number of benzene rings is 1. The van der Waals surface area contributed by atoms with E-state index in [1.54, 1.807) is 7.11 Å². The Hall–Kier alpha value is -1.06. The first kappa shape index (κ1) is 14.0. The third kappa shape index (κ3) is 5.71. The van der Waals surface area contributed by atoms with Gasteiger partial charge in [-0.3, -0.25) is 0 Å². The van der Waals surface area contributed by atoms with Crippen molar-refractivity contribution in [3.63, 3.8) is 0 Å². The molecule has 3 nitrogen and oxygen atoms in total. The normalized spacial score (nSPS) is 12.4. The van der Waals surface area contributed by atoms with Gasteiger partial charge in [-0.2, -0.15) is 0 Å². The molecule has 0 aliphatic rings. The summed E-state index contributed by atoms with van der Waals surface area (Å²) in [6, 6.07) is 8.17. The molecule has 1 aromatic carbocycles. The van der Waals surface area contributed by atoms with Crippen molar-refractivity contribution in [3.05, 3.63) is 29.8 Å². The van der Waals surface area contributed by atoms with Crippen LogP contribution < -0.4 is 10.1 Å². The van der Waals surface area contributed by atoms with E-state index in [2.05, 4.69) is 31.3 Å². The number of ether oxygens (including phenoxy) is 2. The van der Waals surface area contributed by atoms with Gasteiger partial charge in [0, 0.05) is 20.2 Å². The molecule has 1 N–H and O–H groups in total. The van der Waals surface area contributed by atoms with Crippen molar-refractivity contribution in [2.45, 2.75) is 26.4 Å². The van der Waals surface area contributed by atoms with Crippen LogP contribution in [0.5, 0.6) is 5.75 Å². The first-order chi connectivity index (χ1) is 8.26. The molecule has 0 bridgehead atoms. The van der Waals surface area contributed by atoms with Crippen LogP contribution in [-0.2, 0) is 4.74 Å². The summed E-state index contributed by atoms with van der Waals surface area (Å²) < 4.78 is 10.9. The van der Waals surface area contributed by atoms with Crippen molar-refractivity contribution in [1.82, 2.24) is 5.32 Å². The summed E-state index contributed by atoms with van der Waals surface area (Å²) in [5, 5.41) is 3.32. The highest BCUT2D eigenvalue weighted by atomic mass is 16.5. The summed E-state index contributed by atoms with van der Waals surface area (Å²) in [7, 11) is 1.71. The molecule has 1 unspecified atom stereocenters. The number of aryl methyl sites for hydroxylation is 1. The molecular formula is C14H23NO2. The summed E-state index contributed by atoms with van der Waals surface area (Å²) in [5.74, 6) is 0.949. The Morgan fingerprint density at radius 1 is 1.35 bits per heavy atom. The molecule has 0 aliphatic heterocycles. The van der Waals surface area contributed by atoms with E-state index in [-0.39, 0.29) is 6.10 Å². The molecule has 96 valence electrons. The van der Waals surface area contributed by atoms with Crippen molar-refractivity contribution in [3.8, 4) is 5.75 Å². The average molecular weight is 237 g/mol. The maximum absolute atomic E-state index is 5.92. The quantitative estimate of drug-likeness (QED) is 0.704. The van der Waals surface area contributed by atoms with Crippen LogP contribution in [0.2, 0.25) is 0 Å². The van der Waals surface area contributed by atoms with Gasteiger partial charge in [0.15, 0.2) is 0 Å². The van der Waals surface area contributed by atoms with Crippen molar-refractivity contribution in [2.75, 3.05) is 26.8 Å². The summed E-state index contributed by atoms with van der Waals surface area (Å²) in [4.78, 5) is 0. The average Bonchev–Trinajstić information content (AvgIpc) is 2.33. The maximum Gasteiger partial charge on any atom is 0.120 e. The highest BCUT2D eigenvalue weighted by molar-refractivity contribution is 5.27. The van der Waals surface area contributed by atoms with E-state index in [4.69, 9.17) is 9.47 Å². The predicted molar refractivity (Wildman–Crippen MR) is 70.6 cm³/mol. The lowest BCUT2D eigenvalue weighted by Crippen LogP contribution is -2.32. The third-order valence-corrected chi connectivity index (χ3v) is 2.60. The van der Waals surface area contributed by atoms with Crippen LogP contribution in [0, 0.1) is 6.92 Å². The molecular weight excluding hydrogens is 214 g/mol. The highest BCUT2D eigenvalue weighted by Crippen LogP contribution is 2.14. The minimum Gasteiger partial charge on any atom is -0.489 e. The zero-order valence-corrected chi connectivity index (χ0v) is 11.0. The van der Waals surface area contributed by atoms with Gasteiger partial charge < -0.3 is 14.8 Å². The second-order valence-electron chi connectivity index (χ2n) is 4.16. The summed E-state index contributed by atoms with van der Waals surface area (Å²) in [6.45, 7) is 6.67. The largest absolute Gasteiger partial charge is 0.489 e. The highest BCUT2D eigenvalue weighted by Gasteiger charge is 2.07. The first-order valence-corrected chi connectivity index (χ1v) is 6.19. The second-order valence-corrected chi connectivity index (χ2v) is 4.16. The van der Waals surface area contributed by atoms with Crippen LogP contribution in [0.1, 0.15) is 18.9 Å². The molecule has 0 radical (unpaired) electrons. The summed E-state index contributed by atoms with van der Waals surface area (Å²) in [6.07, 6.45) is 1.21. The first-order valence-electron chi connectivity index (χ1n) is 6.19. The smallest absolute Gasteiger partial charge is 0.120 e. The number of rotatable bonds is 8. The molecule has 0 amide bonds. The van der Waals surface area contributed by atoms with Crippen molar-refractivity contribution < 1.29 is 9.47 Å². The molecule has 1 atom stereocenters. The molecule has 1 rings (SSSR count). The van der Waals surface area contributed by atoms with Gasteiger partial charge in [-0.1, -0.05) is 19.1 Å². The van der Waals surface area contributed by atoms with Gasteiger partial charge in [0.05, 0.1) is 6.61 Å². The maximum atomic E-state index is 5.92. The van der Waals surface area contributed by atoms with E-state index >= 15 is 0 Å². The molecule has 0 fully saturated rings. The van der Waals surface area contributed by atoms with Gasteiger partial charge in [-0.05, 0) is 31.0 Å². The summed E-state index contributed by atoms with van der Waals surface area (Å²) in [5.41, 5.74) is 1.23. The molecule has 0 heterocycles. The topological polar surface area (TPSA) is 30.5 Å². The molecule has 0 spiro atoms. The van der Waals surface area contributed by atoms with Crippen LogP contribution in [0.4, 0.5) is 0 Å². The lowest BCUT2D eigenvalue weighted by atomic mass is 10.2. The van der Waals surface area contributed by atoms with Crippen LogP contribution >= 0.6 is 0 Å². The minimum absolute atomic E-state index is 0.216. The van der Waals surface area contributed by atoms with Crippen molar-refractivity contribution in [2.24, 2.45) is 0 Å². The zero-order chi connectivity index (χ0) is 12.5. The number of hydrogen-bond donors (Lipinski definition) is 1. The molecule has 0 aliphatic carbocycles. The van der Waals surface area contributed by atoms with E-state index < -0.39 is 0 Å². The number of hydrogen-bond acceptors (Lipinski definition) is 3. The summed E-state index contributed by atoms with van der Waals surface area (Å²) >= 11 is 0. The number of nitrogens with one attached hydrogen (secondary N) is 1. The Bertz CT molecular complexity index is 315. The monoisotopic (exact) mass is 237 g/mol. The molecule has 17 heavy (non-hydrogen) atoms. The van der Waals surface area contributed by atoms with Crippen molar-refractivity contribution >= 4 is 0 Å². The fourth-order valence-electron chi connectivity index (χ4n) is 1.59. The Morgan fingerprint density at radius 2 is 2.18 bits per heavy atom. The Balaban J connectivity index is 2.35. The Labute approximate surface area is 104 Å². The van der Waals surface area contributed by atoms with Gasteiger partial charge >= 0.3 is 0 Å². The van der Waals surface area contributed by atoms with Gasteiger partial charge in [-0.25, -0.2) is 0 Å². The zero-order valence-electron chi connectivity index (χ0n) is 11.0. The fourth-order valence-corrected chi connectivity index (χ4v) is 1.59. The fraction of sp³-hybridized carbons (Fsp3) is 0.571. The van der Waals surface area contributed by atoms with Crippen LogP contribution in [0.15, 0.2) is 24.3 Å². The molecule has 0 saturated heterocycles. The lowest BCUT2D eigenvalue weighted by molar-refractivity contribution is 0.174. The van der Waals surface area contributed by atoms with E-state index in [0.29, 0.717) is 0 Å². The van der Waals surface area contributed by atoms with Crippen LogP contribution in [0.3, 0.4) is 0 Å². The second kappa shape index (κ2) is 8.09. The van der Waals surface area contributed by atoms with Crippen molar-refractivity contribution in [1.29, 1.82) is 0 Å². The lowest BCUT2D eigenvalue weighted by Gasteiger charge is -2.18. The Kier molecular flexibility index (Phi) is 6.67. The van der Waals surface area contributed by atoms with E-state index in [1.165, 1.54) is 5.56 Å². The van der Waals surface area contributed by atoms with Gasteiger partial charge in [0.1, 0.15) is 11.9 Å². The van der Waals surface area contributed by atoms with Gasteiger partial charge in [-0.15, -0.1) is 0 Å². The SMILES string of the molecule is CCC(CNCCOC)Oc1cccc(C)c1. The van der Waals surface area contributed by atoms with E-state index in [1.807, 2.05) is 12.1 Å². The molecule has 0 saturated carbocycles. The van der Waals surface area contributed by atoms with Crippen LogP contribution in [0.25, 0.3) is 0 Å². The van der Waals surface area contributed by atoms with E-state index in [9.17, 15) is 0 Å². The van der Waals surface area contributed by atoms with Gasteiger partial charge in [0.25, 0.3) is 0 Å². The van der Waals surface area contributed by atoms with Crippen LogP contribution in [-0.4, -0.2) is 32.9 Å². The van der Waals surface area contributed by atoms with Gasteiger partial charge in [0.2, 0.25) is 0 Å². The molecule has 0 aromatic heterocycles. The third-order valence-electron chi connectivity index (χ3n) is 2.60. The Morgan fingerprint density at radius 3 is 2.82 bits per heavy atom. The molecule has 3 heteroatoms. The standard InChI is InChI=1S/C14H23NO2/c1-4-13(11-15-8-9-16-3)17-14-7-5-6-12(2)10-14/h5-7,10,13,15H,4,8-9,11H2,1-3H3.